The molecule has 1 aliphatic rings. The lowest BCUT2D eigenvalue weighted by Crippen LogP contribution is -2.54. The Morgan fingerprint density at radius 1 is 1.07 bits per heavy atom. The van der Waals surface area contributed by atoms with Crippen molar-refractivity contribution < 1.29 is 39.1 Å². The summed E-state index contributed by atoms with van der Waals surface area (Å²) in [5.41, 5.74) is -0.441. The van der Waals surface area contributed by atoms with Gasteiger partial charge in [-0.25, -0.2) is 0 Å². The predicted octanol–water partition coefficient (Wildman–Crippen LogP) is 1.77. The van der Waals surface area contributed by atoms with Gasteiger partial charge in [-0.1, -0.05) is 6.07 Å². The fraction of sp³-hybridized carbons (Fsp3) is 0.667. The standard InChI is InChI=1S/C21H32O8/c1-20(2,3)19(25)27-10-12-7-8-14(15(9-12)29-21(4,5)6)28-18-17(24)16(23)13(22)11-26-18/h7-9,13,16-18,22-24H,10-11H2,1-6H3/t13-,16+,17-,18+/m1/s1. The molecule has 1 aliphatic heterocycles. The number of ether oxygens (including phenoxy) is 4. The molecule has 0 unspecified atom stereocenters. The number of benzene rings is 1. The molecule has 1 aromatic carbocycles. The number of esters is 1. The van der Waals surface area contributed by atoms with Gasteiger partial charge in [0.1, 0.15) is 30.5 Å². The zero-order valence-corrected chi connectivity index (χ0v) is 17.8. The van der Waals surface area contributed by atoms with E-state index in [1.54, 1.807) is 39.0 Å². The van der Waals surface area contributed by atoms with Crippen LogP contribution in [0.5, 0.6) is 11.5 Å². The maximum Gasteiger partial charge on any atom is 0.311 e. The van der Waals surface area contributed by atoms with Gasteiger partial charge in [-0.15, -0.1) is 0 Å². The summed E-state index contributed by atoms with van der Waals surface area (Å²) in [6.45, 7) is 10.9. The van der Waals surface area contributed by atoms with E-state index in [0.29, 0.717) is 17.1 Å². The van der Waals surface area contributed by atoms with Crippen molar-refractivity contribution in [3.05, 3.63) is 23.8 Å². The Hall–Kier alpha value is -1.87. The first-order chi connectivity index (χ1) is 13.3. The molecule has 0 radical (unpaired) electrons. The van der Waals surface area contributed by atoms with Crippen molar-refractivity contribution in [3.8, 4) is 11.5 Å². The van der Waals surface area contributed by atoms with Crippen molar-refractivity contribution in [2.45, 2.75) is 78.4 Å². The first-order valence-corrected chi connectivity index (χ1v) is 9.59. The molecule has 1 saturated heterocycles. The van der Waals surface area contributed by atoms with Crippen molar-refractivity contribution >= 4 is 5.97 Å². The molecule has 29 heavy (non-hydrogen) atoms. The number of carbonyl (C=O) groups is 1. The van der Waals surface area contributed by atoms with Gasteiger partial charge in [0, 0.05) is 0 Å². The van der Waals surface area contributed by atoms with E-state index in [9.17, 15) is 20.1 Å². The highest BCUT2D eigenvalue weighted by atomic mass is 16.7. The Labute approximate surface area is 171 Å². The number of carbonyl (C=O) groups excluding carboxylic acids is 1. The first kappa shape index (κ1) is 23.4. The van der Waals surface area contributed by atoms with Crippen LogP contribution in [0.2, 0.25) is 0 Å². The molecule has 2 rings (SSSR count). The van der Waals surface area contributed by atoms with Crippen molar-refractivity contribution in [1.29, 1.82) is 0 Å². The van der Waals surface area contributed by atoms with Crippen molar-refractivity contribution in [1.82, 2.24) is 0 Å². The second-order valence-electron chi connectivity index (χ2n) is 9.19. The van der Waals surface area contributed by atoms with Crippen molar-refractivity contribution in [2.75, 3.05) is 6.61 Å². The lowest BCUT2D eigenvalue weighted by Gasteiger charge is -2.35. The molecule has 0 saturated carbocycles. The third-order valence-corrected chi connectivity index (χ3v) is 4.10. The maximum absolute atomic E-state index is 12.0. The summed E-state index contributed by atoms with van der Waals surface area (Å²) < 4.78 is 22.3. The molecule has 1 aromatic rings. The second kappa shape index (κ2) is 8.87. The monoisotopic (exact) mass is 412 g/mol. The molecule has 3 N–H and O–H groups in total. The number of aliphatic hydroxyl groups is 3. The third-order valence-electron chi connectivity index (χ3n) is 4.10. The van der Waals surface area contributed by atoms with Crippen LogP contribution < -0.4 is 9.47 Å². The first-order valence-electron chi connectivity index (χ1n) is 9.59. The molecule has 0 aromatic heterocycles. The SMILES string of the molecule is CC(C)(C)Oc1cc(COC(=O)C(C)(C)C)ccc1O[C@@H]1OC[C@@H](O)[C@H](O)[C@H]1O. The number of hydrogen-bond donors (Lipinski definition) is 3. The molecule has 0 bridgehead atoms. The van der Waals surface area contributed by atoms with Gasteiger partial charge in [0.2, 0.25) is 6.29 Å². The molecular formula is C21H32O8. The van der Waals surface area contributed by atoms with Crippen LogP contribution in [0.3, 0.4) is 0 Å². The minimum absolute atomic E-state index is 0.0738. The maximum atomic E-state index is 12.0. The van der Waals surface area contributed by atoms with Crippen LogP contribution in [0.25, 0.3) is 0 Å². The van der Waals surface area contributed by atoms with Crippen LogP contribution in [-0.2, 0) is 20.9 Å². The van der Waals surface area contributed by atoms with Gasteiger partial charge in [0.05, 0.1) is 12.0 Å². The van der Waals surface area contributed by atoms with Gasteiger partial charge in [-0.3, -0.25) is 4.79 Å². The number of aliphatic hydroxyl groups excluding tert-OH is 3. The highest BCUT2D eigenvalue weighted by molar-refractivity contribution is 5.75. The average Bonchev–Trinajstić information content (AvgIpc) is 2.59. The fourth-order valence-corrected chi connectivity index (χ4v) is 2.52. The molecule has 1 fully saturated rings. The van der Waals surface area contributed by atoms with Crippen LogP contribution in [-0.4, -0.2) is 58.1 Å². The summed E-state index contributed by atoms with van der Waals surface area (Å²) in [7, 11) is 0. The lowest BCUT2D eigenvalue weighted by molar-refractivity contribution is -0.242. The van der Waals surface area contributed by atoms with Gasteiger partial charge >= 0.3 is 5.97 Å². The lowest BCUT2D eigenvalue weighted by atomic mass is 9.97. The van der Waals surface area contributed by atoms with Gasteiger partial charge in [0.15, 0.2) is 11.5 Å². The third kappa shape index (κ3) is 6.57. The Kier molecular flexibility index (Phi) is 7.16. The molecule has 8 heteroatoms. The molecule has 0 aliphatic carbocycles. The zero-order chi connectivity index (χ0) is 22.0. The normalized spacial score (nSPS) is 25.4. The molecule has 4 atom stereocenters. The topological polar surface area (TPSA) is 115 Å². The van der Waals surface area contributed by atoms with Gasteiger partial charge in [-0.2, -0.15) is 0 Å². The smallest absolute Gasteiger partial charge is 0.311 e. The minimum atomic E-state index is -1.42. The molecule has 0 amide bonds. The van der Waals surface area contributed by atoms with Gasteiger partial charge in [-0.05, 0) is 59.2 Å². The minimum Gasteiger partial charge on any atom is -0.484 e. The summed E-state index contributed by atoms with van der Waals surface area (Å²) >= 11 is 0. The fourth-order valence-electron chi connectivity index (χ4n) is 2.52. The largest absolute Gasteiger partial charge is 0.484 e. The van der Waals surface area contributed by atoms with E-state index in [2.05, 4.69) is 0 Å². The van der Waals surface area contributed by atoms with Crippen LogP contribution in [0.4, 0.5) is 0 Å². The molecule has 8 nitrogen and oxygen atoms in total. The van der Waals surface area contributed by atoms with Crippen LogP contribution >= 0.6 is 0 Å². The van der Waals surface area contributed by atoms with E-state index in [0.717, 1.165) is 0 Å². The Balaban J connectivity index is 2.19. The van der Waals surface area contributed by atoms with Crippen molar-refractivity contribution in [2.24, 2.45) is 5.41 Å². The highest BCUT2D eigenvalue weighted by Crippen LogP contribution is 2.34. The van der Waals surface area contributed by atoms with Crippen LogP contribution in [0.15, 0.2) is 18.2 Å². The van der Waals surface area contributed by atoms with E-state index < -0.39 is 35.6 Å². The summed E-state index contributed by atoms with van der Waals surface area (Å²) in [4.78, 5) is 12.0. The van der Waals surface area contributed by atoms with E-state index in [-0.39, 0.29) is 19.2 Å². The second-order valence-corrected chi connectivity index (χ2v) is 9.19. The number of rotatable bonds is 5. The van der Waals surface area contributed by atoms with E-state index in [1.807, 2.05) is 20.8 Å². The van der Waals surface area contributed by atoms with Gasteiger partial charge < -0.3 is 34.3 Å². The molecular weight excluding hydrogens is 380 g/mol. The molecule has 1 heterocycles. The Morgan fingerprint density at radius 2 is 1.72 bits per heavy atom. The van der Waals surface area contributed by atoms with Crippen molar-refractivity contribution in [3.63, 3.8) is 0 Å². The van der Waals surface area contributed by atoms with Crippen LogP contribution in [0.1, 0.15) is 47.1 Å². The summed E-state index contributed by atoms with van der Waals surface area (Å²) in [6, 6.07) is 5.02. The summed E-state index contributed by atoms with van der Waals surface area (Å²) in [5.74, 6) is 0.346. The predicted molar refractivity (Wildman–Crippen MR) is 104 cm³/mol. The quantitative estimate of drug-likeness (QED) is 0.627. The highest BCUT2D eigenvalue weighted by Gasteiger charge is 2.39. The number of hydrogen-bond acceptors (Lipinski definition) is 8. The Morgan fingerprint density at radius 3 is 2.31 bits per heavy atom. The van der Waals surface area contributed by atoms with E-state index >= 15 is 0 Å². The summed E-state index contributed by atoms with van der Waals surface area (Å²) in [6.07, 6.45) is -5.15. The molecule has 164 valence electrons. The van der Waals surface area contributed by atoms with Gasteiger partial charge in [0.25, 0.3) is 0 Å². The van der Waals surface area contributed by atoms with Crippen LogP contribution in [0, 0.1) is 5.41 Å². The zero-order valence-electron chi connectivity index (χ0n) is 17.8. The average molecular weight is 412 g/mol. The summed E-state index contributed by atoms with van der Waals surface area (Å²) in [5, 5.41) is 29.5. The molecule has 0 spiro atoms. The van der Waals surface area contributed by atoms with E-state index in [1.165, 1.54) is 0 Å². The van der Waals surface area contributed by atoms with E-state index in [4.69, 9.17) is 18.9 Å². The Bertz CT molecular complexity index is 704.